The molecule has 0 heterocycles. The highest BCUT2D eigenvalue weighted by Gasteiger charge is 2.37. The largest absolute Gasteiger partial charge is 0.481 e. The smallest absolute Gasteiger partial charge is 0.416 e. The molecule has 7 heteroatoms. The summed E-state index contributed by atoms with van der Waals surface area (Å²) < 4.78 is 37.2. The third-order valence-electron chi connectivity index (χ3n) is 2.85. The molecule has 0 aliphatic heterocycles. The average Bonchev–Trinajstić information content (AvgIpc) is 2.25. The third-order valence-corrected chi connectivity index (χ3v) is 2.85. The lowest BCUT2D eigenvalue weighted by atomic mass is 9.80. The molecule has 4 nitrogen and oxygen atoms in total. The van der Waals surface area contributed by atoms with Gasteiger partial charge in [-0.2, -0.15) is 13.2 Å². The van der Waals surface area contributed by atoms with Crippen LogP contribution in [0.25, 0.3) is 0 Å². The molecule has 1 aromatic rings. The Morgan fingerprint density at radius 3 is 1.90 bits per heavy atom. The summed E-state index contributed by atoms with van der Waals surface area (Å²) in [6, 6.07) is 3.82. The van der Waals surface area contributed by atoms with Crippen molar-refractivity contribution in [2.75, 3.05) is 5.32 Å². The lowest BCUT2D eigenvalue weighted by molar-refractivity contribution is -0.149. The summed E-state index contributed by atoms with van der Waals surface area (Å²) >= 11 is 0. The Morgan fingerprint density at radius 1 is 1.10 bits per heavy atom. The zero-order valence-electron chi connectivity index (χ0n) is 11.8. The molecule has 1 rings (SSSR count). The van der Waals surface area contributed by atoms with Gasteiger partial charge < -0.3 is 10.4 Å². The lowest BCUT2D eigenvalue weighted by Gasteiger charge is -2.25. The second-order valence-corrected chi connectivity index (χ2v) is 5.70. The molecule has 0 spiro atoms. The van der Waals surface area contributed by atoms with Crippen molar-refractivity contribution in [2.24, 2.45) is 11.3 Å². The first-order valence-corrected chi connectivity index (χ1v) is 6.14. The molecule has 21 heavy (non-hydrogen) atoms. The standard InChI is InChI=1S/C14H16F3NO3/c1-13(2,3)10(12(20)21)11(19)18-9-6-4-8(5-7-9)14(15,16)17/h4-7,10H,1-3H3,(H,18,19)(H,20,21). The molecule has 0 saturated carbocycles. The number of rotatable bonds is 3. The molecule has 1 unspecified atom stereocenters. The number of nitrogens with one attached hydrogen (secondary N) is 1. The Labute approximate surface area is 120 Å². The number of anilines is 1. The van der Waals surface area contributed by atoms with E-state index in [1.807, 2.05) is 0 Å². The first-order chi connectivity index (χ1) is 9.43. The first kappa shape index (κ1) is 17.0. The van der Waals surface area contributed by atoms with Crippen LogP contribution in [0.1, 0.15) is 26.3 Å². The summed E-state index contributed by atoms with van der Waals surface area (Å²) in [5, 5.41) is 11.4. The zero-order chi connectivity index (χ0) is 16.4. The van der Waals surface area contributed by atoms with Gasteiger partial charge in [0.15, 0.2) is 0 Å². The normalized spacial score (nSPS) is 13.6. The SMILES string of the molecule is CC(C)(C)C(C(=O)O)C(=O)Nc1ccc(C(F)(F)F)cc1. The molecule has 0 fully saturated rings. The predicted octanol–water partition coefficient (Wildman–Crippen LogP) is 3.39. The average molecular weight is 303 g/mol. The molecule has 1 atom stereocenters. The number of carbonyl (C=O) groups is 2. The van der Waals surface area contributed by atoms with Gasteiger partial charge >= 0.3 is 12.1 Å². The monoisotopic (exact) mass is 303 g/mol. The molecule has 0 aliphatic carbocycles. The number of halogens is 3. The molecule has 0 bridgehead atoms. The molecule has 116 valence electrons. The van der Waals surface area contributed by atoms with Crippen LogP contribution in [0, 0.1) is 11.3 Å². The van der Waals surface area contributed by atoms with Crippen molar-refractivity contribution in [2.45, 2.75) is 26.9 Å². The molecule has 0 saturated heterocycles. The van der Waals surface area contributed by atoms with E-state index in [1.165, 1.54) is 0 Å². The van der Waals surface area contributed by atoms with E-state index in [-0.39, 0.29) is 5.69 Å². The highest BCUT2D eigenvalue weighted by atomic mass is 19.4. The van der Waals surface area contributed by atoms with Crippen LogP contribution in [0.5, 0.6) is 0 Å². The molecular weight excluding hydrogens is 287 g/mol. The van der Waals surface area contributed by atoms with Crippen LogP contribution in [-0.2, 0) is 15.8 Å². The summed E-state index contributed by atoms with van der Waals surface area (Å²) in [6.45, 7) is 4.79. The van der Waals surface area contributed by atoms with E-state index in [2.05, 4.69) is 5.32 Å². The van der Waals surface area contributed by atoms with Gasteiger partial charge in [0.1, 0.15) is 5.92 Å². The molecule has 1 aromatic carbocycles. The van der Waals surface area contributed by atoms with Gasteiger partial charge in [0, 0.05) is 5.69 Å². The summed E-state index contributed by atoms with van der Waals surface area (Å²) in [7, 11) is 0. The number of alkyl halides is 3. The molecule has 2 N–H and O–H groups in total. The number of carbonyl (C=O) groups excluding carboxylic acids is 1. The van der Waals surface area contributed by atoms with E-state index in [0.29, 0.717) is 0 Å². The van der Waals surface area contributed by atoms with Crippen molar-refractivity contribution in [1.82, 2.24) is 0 Å². The Bertz CT molecular complexity index is 530. The number of hydrogen-bond acceptors (Lipinski definition) is 2. The summed E-state index contributed by atoms with van der Waals surface area (Å²) in [6.07, 6.45) is -4.46. The minimum Gasteiger partial charge on any atom is -0.481 e. The number of carboxylic acid groups (broad SMARTS) is 1. The van der Waals surface area contributed by atoms with Gasteiger partial charge in [0.25, 0.3) is 0 Å². The maximum absolute atomic E-state index is 12.4. The van der Waals surface area contributed by atoms with E-state index in [4.69, 9.17) is 5.11 Å². The van der Waals surface area contributed by atoms with Gasteiger partial charge in [-0.15, -0.1) is 0 Å². The molecular formula is C14H16F3NO3. The van der Waals surface area contributed by atoms with Crippen LogP contribution in [0.3, 0.4) is 0 Å². The second-order valence-electron chi connectivity index (χ2n) is 5.70. The highest BCUT2D eigenvalue weighted by molar-refractivity contribution is 6.04. The van der Waals surface area contributed by atoms with Crippen LogP contribution >= 0.6 is 0 Å². The summed E-state index contributed by atoms with van der Waals surface area (Å²) in [5.41, 5.74) is -1.54. The molecule has 1 amide bonds. The number of amides is 1. The summed E-state index contributed by atoms with van der Waals surface area (Å²) in [5.74, 6) is -3.36. The van der Waals surface area contributed by atoms with Gasteiger partial charge in [-0.1, -0.05) is 20.8 Å². The quantitative estimate of drug-likeness (QED) is 0.841. The summed E-state index contributed by atoms with van der Waals surface area (Å²) in [4.78, 5) is 23.1. The van der Waals surface area contributed by atoms with Crippen molar-refractivity contribution in [3.8, 4) is 0 Å². The van der Waals surface area contributed by atoms with Gasteiger partial charge in [-0.25, -0.2) is 0 Å². The second kappa shape index (κ2) is 5.75. The zero-order valence-corrected chi connectivity index (χ0v) is 11.8. The number of hydrogen-bond donors (Lipinski definition) is 2. The fraction of sp³-hybridized carbons (Fsp3) is 0.429. The molecule has 0 aliphatic rings. The van der Waals surface area contributed by atoms with E-state index in [9.17, 15) is 22.8 Å². The topological polar surface area (TPSA) is 66.4 Å². The van der Waals surface area contributed by atoms with Crippen molar-refractivity contribution in [1.29, 1.82) is 0 Å². The van der Waals surface area contributed by atoms with Gasteiger partial charge in [0.05, 0.1) is 5.56 Å². The van der Waals surface area contributed by atoms with Gasteiger partial charge in [-0.05, 0) is 29.7 Å². The lowest BCUT2D eigenvalue weighted by Crippen LogP contribution is -2.39. The van der Waals surface area contributed by atoms with E-state index in [1.54, 1.807) is 20.8 Å². The Morgan fingerprint density at radius 2 is 1.57 bits per heavy atom. The third kappa shape index (κ3) is 4.47. The van der Waals surface area contributed by atoms with E-state index in [0.717, 1.165) is 24.3 Å². The van der Waals surface area contributed by atoms with Crippen LogP contribution in [0.15, 0.2) is 24.3 Å². The van der Waals surface area contributed by atoms with Gasteiger partial charge in [-0.3, -0.25) is 9.59 Å². The van der Waals surface area contributed by atoms with Crippen molar-refractivity contribution >= 4 is 17.6 Å². The Hall–Kier alpha value is -2.05. The maximum atomic E-state index is 12.4. The van der Waals surface area contributed by atoms with Crippen LogP contribution in [-0.4, -0.2) is 17.0 Å². The minimum absolute atomic E-state index is 0.114. The fourth-order valence-electron chi connectivity index (χ4n) is 1.83. The van der Waals surface area contributed by atoms with Crippen LogP contribution in [0.2, 0.25) is 0 Å². The predicted molar refractivity (Wildman–Crippen MR) is 70.7 cm³/mol. The maximum Gasteiger partial charge on any atom is 0.416 e. The molecule has 0 radical (unpaired) electrons. The fourth-order valence-corrected chi connectivity index (χ4v) is 1.83. The minimum atomic E-state index is -4.46. The number of carboxylic acids is 1. The van der Waals surface area contributed by atoms with Crippen molar-refractivity contribution in [3.05, 3.63) is 29.8 Å². The van der Waals surface area contributed by atoms with E-state index >= 15 is 0 Å². The number of aliphatic carboxylic acids is 1. The van der Waals surface area contributed by atoms with Crippen LogP contribution in [0.4, 0.5) is 18.9 Å². The highest BCUT2D eigenvalue weighted by Crippen LogP contribution is 2.31. The van der Waals surface area contributed by atoms with Crippen LogP contribution < -0.4 is 5.32 Å². The molecule has 0 aromatic heterocycles. The van der Waals surface area contributed by atoms with Crippen molar-refractivity contribution < 1.29 is 27.9 Å². The Kier molecular flexibility index (Phi) is 4.65. The van der Waals surface area contributed by atoms with E-state index < -0.39 is 34.9 Å². The first-order valence-electron chi connectivity index (χ1n) is 6.14. The Balaban J connectivity index is 2.90. The number of benzene rings is 1. The van der Waals surface area contributed by atoms with Gasteiger partial charge in [0.2, 0.25) is 5.91 Å². The van der Waals surface area contributed by atoms with Crippen molar-refractivity contribution in [3.63, 3.8) is 0 Å².